The molecule has 1 atom stereocenters. The molecule has 0 aliphatic heterocycles. The van der Waals surface area contributed by atoms with Crippen LogP contribution in [0.3, 0.4) is 0 Å². The molecule has 4 heteroatoms. The third kappa shape index (κ3) is 4.65. The summed E-state index contributed by atoms with van der Waals surface area (Å²) >= 11 is 0. The molecular formula is C19H21NO3. The number of para-hydroxylation sites is 1. The molecule has 0 N–H and O–H groups in total. The van der Waals surface area contributed by atoms with Crippen molar-refractivity contribution in [2.75, 3.05) is 20.8 Å². The molecule has 1 unspecified atom stereocenters. The smallest absolute Gasteiger partial charge is 0.127 e. The summed E-state index contributed by atoms with van der Waals surface area (Å²) in [6.45, 7) is 0.584. The maximum atomic E-state index is 9.46. The lowest BCUT2D eigenvalue weighted by molar-refractivity contribution is 0.304. The van der Waals surface area contributed by atoms with E-state index < -0.39 is 0 Å². The Hall–Kier alpha value is -2.67. The Morgan fingerprint density at radius 2 is 1.78 bits per heavy atom. The topological polar surface area (TPSA) is 51.5 Å². The van der Waals surface area contributed by atoms with E-state index in [2.05, 4.69) is 6.07 Å². The Labute approximate surface area is 137 Å². The van der Waals surface area contributed by atoms with Gasteiger partial charge >= 0.3 is 0 Å². The summed E-state index contributed by atoms with van der Waals surface area (Å²) < 4.78 is 16.2. The standard InChI is InChI=1S/C19H21NO3/c1-21-17-10-11-18(19(13-17)22-2)15(14-20)7-6-12-23-16-8-4-3-5-9-16/h3-5,8-11,13,15H,6-7,12H2,1-2H3. The van der Waals surface area contributed by atoms with Gasteiger partial charge in [-0.1, -0.05) is 24.3 Å². The monoisotopic (exact) mass is 311 g/mol. The van der Waals surface area contributed by atoms with E-state index in [9.17, 15) is 5.26 Å². The van der Waals surface area contributed by atoms with Crippen molar-refractivity contribution >= 4 is 0 Å². The van der Waals surface area contributed by atoms with E-state index in [0.717, 1.165) is 23.5 Å². The van der Waals surface area contributed by atoms with Crippen molar-refractivity contribution < 1.29 is 14.2 Å². The number of hydrogen-bond acceptors (Lipinski definition) is 4. The van der Waals surface area contributed by atoms with Gasteiger partial charge in [-0.05, 0) is 31.0 Å². The SMILES string of the molecule is COc1ccc(C(C#N)CCCOc2ccccc2)c(OC)c1. The highest BCUT2D eigenvalue weighted by atomic mass is 16.5. The molecule has 0 heterocycles. The van der Waals surface area contributed by atoms with Crippen LogP contribution in [0.25, 0.3) is 0 Å². The van der Waals surface area contributed by atoms with Gasteiger partial charge in [-0.2, -0.15) is 5.26 Å². The lowest BCUT2D eigenvalue weighted by Gasteiger charge is -2.15. The Kier molecular flexibility index (Phi) is 6.31. The first kappa shape index (κ1) is 16.7. The zero-order chi connectivity index (χ0) is 16.5. The maximum Gasteiger partial charge on any atom is 0.127 e. The number of hydrogen-bond donors (Lipinski definition) is 0. The van der Waals surface area contributed by atoms with Crippen LogP contribution in [0.4, 0.5) is 0 Å². The Bertz CT molecular complexity index is 649. The van der Waals surface area contributed by atoms with E-state index in [-0.39, 0.29) is 5.92 Å². The van der Waals surface area contributed by atoms with E-state index in [0.29, 0.717) is 18.8 Å². The number of nitrogens with zero attached hydrogens (tertiary/aromatic N) is 1. The van der Waals surface area contributed by atoms with Crippen LogP contribution in [0.2, 0.25) is 0 Å². The van der Waals surface area contributed by atoms with E-state index in [1.807, 2.05) is 42.5 Å². The van der Waals surface area contributed by atoms with Gasteiger partial charge in [0.2, 0.25) is 0 Å². The summed E-state index contributed by atoms with van der Waals surface area (Å²) in [6.07, 6.45) is 1.51. The summed E-state index contributed by atoms with van der Waals surface area (Å²) in [6, 6.07) is 17.6. The second kappa shape index (κ2) is 8.70. The second-order valence-corrected chi connectivity index (χ2v) is 5.09. The highest BCUT2D eigenvalue weighted by molar-refractivity contribution is 5.44. The minimum absolute atomic E-state index is 0.227. The highest BCUT2D eigenvalue weighted by Crippen LogP contribution is 2.32. The minimum atomic E-state index is -0.227. The fraction of sp³-hybridized carbons (Fsp3) is 0.316. The van der Waals surface area contributed by atoms with Crippen molar-refractivity contribution in [2.45, 2.75) is 18.8 Å². The molecule has 2 aromatic carbocycles. The van der Waals surface area contributed by atoms with Crippen LogP contribution < -0.4 is 14.2 Å². The van der Waals surface area contributed by atoms with E-state index in [1.165, 1.54) is 0 Å². The van der Waals surface area contributed by atoms with Gasteiger partial charge in [-0.3, -0.25) is 0 Å². The number of ether oxygens (including phenoxy) is 3. The van der Waals surface area contributed by atoms with Crippen LogP contribution in [0.5, 0.6) is 17.2 Å². The molecule has 2 rings (SSSR count). The van der Waals surface area contributed by atoms with Crippen LogP contribution in [0, 0.1) is 11.3 Å². The zero-order valence-electron chi connectivity index (χ0n) is 13.5. The fourth-order valence-corrected chi connectivity index (χ4v) is 2.39. The summed E-state index contributed by atoms with van der Waals surface area (Å²) in [5.74, 6) is 2.02. The van der Waals surface area contributed by atoms with Crippen molar-refractivity contribution in [3.05, 3.63) is 54.1 Å². The van der Waals surface area contributed by atoms with E-state index in [4.69, 9.17) is 14.2 Å². The van der Waals surface area contributed by atoms with Crippen molar-refractivity contribution in [2.24, 2.45) is 0 Å². The van der Waals surface area contributed by atoms with Crippen LogP contribution >= 0.6 is 0 Å². The molecule has 0 aliphatic rings. The summed E-state index contributed by atoms with van der Waals surface area (Å²) in [7, 11) is 3.21. The summed E-state index contributed by atoms with van der Waals surface area (Å²) in [5.41, 5.74) is 0.885. The molecule has 2 aromatic rings. The molecule has 0 aliphatic carbocycles. The first-order valence-electron chi connectivity index (χ1n) is 7.58. The lowest BCUT2D eigenvalue weighted by Crippen LogP contribution is -2.04. The predicted molar refractivity (Wildman–Crippen MR) is 89.1 cm³/mol. The predicted octanol–water partition coefficient (Wildman–Crippen LogP) is 4.17. The van der Waals surface area contributed by atoms with Gasteiger partial charge in [-0.15, -0.1) is 0 Å². The average molecular weight is 311 g/mol. The Morgan fingerprint density at radius 1 is 1.00 bits per heavy atom. The largest absolute Gasteiger partial charge is 0.497 e. The van der Waals surface area contributed by atoms with Crippen molar-refractivity contribution in [3.63, 3.8) is 0 Å². The molecule has 0 saturated carbocycles. The summed E-state index contributed by atoms with van der Waals surface area (Å²) in [4.78, 5) is 0. The first-order valence-corrected chi connectivity index (χ1v) is 7.58. The molecule has 0 radical (unpaired) electrons. The first-order chi connectivity index (χ1) is 11.3. The van der Waals surface area contributed by atoms with Gasteiger partial charge in [0.1, 0.15) is 17.2 Å². The molecule has 0 bridgehead atoms. The van der Waals surface area contributed by atoms with E-state index in [1.54, 1.807) is 20.3 Å². The number of nitriles is 1. The molecule has 4 nitrogen and oxygen atoms in total. The number of methoxy groups -OCH3 is 2. The van der Waals surface area contributed by atoms with Crippen molar-refractivity contribution in [3.8, 4) is 23.3 Å². The normalized spacial score (nSPS) is 11.3. The Morgan fingerprint density at radius 3 is 2.43 bits per heavy atom. The van der Waals surface area contributed by atoms with Gasteiger partial charge in [0.05, 0.1) is 32.8 Å². The average Bonchev–Trinajstić information content (AvgIpc) is 2.62. The highest BCUT2D eigenvalue weighted by Gasteiger charge is 2.16. The van der Waals surface area contributed by atoms with Gasteiger partial charge in [0.15, 0.2) is 0 Å². The zero-order valence-corrected chi connectivity index (χ0v) is 13.5. The van der Waals surface area contributed by atoms with Crippen LogP contribution in [-0.4, -0.2) is 20.8 Å². The van der Waals surface area contributed by atoms with E-state index >= 15 is 0 Å². The maximum absolute atomic E-state index is 9.46. The molecule has 0 spiro atoms. The van der Waals surface area contributed by atoms with Crippen LogP contribution in [0.15, 0.2) is 48.5 Å². The number of benzene rings is 2. The third-order valence-electron chi connectivity index (χ3n) is 3.62. The molecule has 0 fully saturated rings. The molecule has 0 saturated heterocycles. The van der Waals surface area contributed by atoms with Crippen molar-refractivity contribution in [1.29, 1.82) is 5.26 Å². The lowest BCUT2D eigenvalue weighted by atomic mass is 9.95. The molecule has 0 aromatic heterocycles. The number of rotatable bonds is 8. The molecule has 0 amide bonds. The van der Waals surface area contributed by atoms with Crippen molar-refractivity contribution in [1.82, 2.24) is 0 Å². The quantitative estimate of drug-likeness (QED) is 0.687. The van der Waals surface area contributed by atoms with Crippen LogP contribution in [0.1, 0.15) is 24.3 Å². The Balaban J connectivity index is 1.94. The minimum Gasteiger partial charge on any atom is -0.497 e. The van der Waals surface area contributed by atoms with Gasteiger partial charge in [0.25, 0.3) is 0 Å². The van der Waals surface area contributed by atoms with Gasteiger partial charge in [-0.25, -0.2) is 0 Å². The third-order valence-corrected chi connectivity index (χ3v) is 3.62. The molecule has 120 valence electrons. The fourth-order valence-electron chi connectivity index (χ4n) is 2.39. The molecule has 23 heavy (non-hydrogen) atoms. The van der Waals surface area contributed by atoms with Gasteiger partial charge < -0.3 is 14.2 Å². The second-order valence-electron chi connectivity index (χ2n) is 5.09. The van der Waals surface area contributed by atoms with Crippen LogP contribution in [-0.2, 0) is 0 Å². The molecular weight excluding hydrogens is 290 g/mol. The summed E-state index contributed by atoms with van der Waals surface area (Å²) in [5, 5.41) is 9.46. The van der Waals surface area contributed by atoms with Gasteiger partial charge in [0, 0.05) is 11.6 Å².